The summed E-state index contributed by atoms with van der Waals surface area (Å²) < 4.78 is 12.9. The lowest BCUT2D eigenvalue weighted by Crippen LogP contribution is -2.23. The van der Waals surface area contributed by atoms with E-state index < -0.39 is 0 Å². The monoisotopic (exact) mass is 350 g/mol. The molecular formula is C20H19FN4O. The van der Waals surface area contributed by atoms with Crippen LogP contribution in [0.3, 0.4) is 0 Å². The highest BCUT2D eigenvalue weighted by atomic mass is 19.1. The molecule has 0 aliphatic carbocycles. The normalized spacial score (nSPS) is 10.4. The van der Waals surface area contributed by atoms with E-state index in [2.05, 4.69) is 27.5 Å². The summed E-state index contributed by atoms with van der Waals surface area (Å²) in [5.41, 5.74) is 3.29. The zero-order chi connectivity index (χ0) is 18.4. The van der Waals surface area contributed by atoms with Gasteiger partial charge in [0.2, 0.25) is 5.95 Å². The average molecular weight is 350 g/mol. The van der Waals surface area contributed by atoms with E-state index in [0.717, 1.165) is 23.2 Å². The lowest BCUT2D eigenvalue weighted by Gasteiger charge is -2.10. The fourth-order valence-electron chi connectivity index (χ4n) is 2.47. The summed E-state index contributed by atoms with van der Waals surface area (Å²) in [6, 6.07) is 13.9. The van der Waals surface area contributed by atoms with Crippen LogP contribution < -0.4 is 10.6 Å². The lowest BCUT2D eigenvalue weighted by molar-refractivity contribution is 0.0950. The maximum absolute atomic E-state index is 12.9. The first kappa shape index (κ1) is 17.5. The number of nitrogens with zero attached hydrogens (tertiary/aromatic N) is 2. The van der Waals surface area contributed by atoms with Gasteiger partial charge in [-0.25, -0.2) is 14.4 Å². The molecule has 3 rings (SSSR count). The van der Waals surface area contributed by atoms with Gasteiger partial charge in [-0.3, -0.25) is 4.79 Å². The molecule has 26 heavy (non-hydrogen) atoms. The molecule has 132 valence electrons. The van der Waals surface area contributed by atoms with Crippen molar-refractivity contribution >= 4 is 17.5 Å². The first-order valence-electron chi connectivity index (χ1n) is 8.35. The van der Waals surface area contributed by atoms with Crippen molar-refractivity contribution in [1.82, 2.24) is 15.3 Å². The van der Waals surface area contributed by atoms with Crippen molar-refractivity contribution in [2.75, 3.05) is 5.32 Å². The molecule has 2 N–H and O–H groups in total. The molecule has 0 aliphatic heterocycles. The van der Waals surface area contributed by atoms with Crippen molar-refractivity contribution in [2.24, 2.45) is 0 Å². The second kappa shape index (κ2) is 8.20. The number of aryl methyl sites for hydroxylation is 1. The molecule has 0 fully saturated rings. The molecule has 1 heterocycles. The molecule has 0 spiro atoms. The third-order valence-corrected chi connectivity index (χ3v) is 3.93. The van der Waals surface area contributed by atoms with Gasteiger partial charge in [0.25, 0.3) is 5.91 Å². The fraction of sp³-hybridized carbons (Fsp3) is 0.150. The Morgan fingerprint density at radius 3 is 2.42 bits per heavy atom. The van der Waals surface area contributed by atoms with Crippen molar-refractivity contribution in [3.05, 3.63) is 83.4 Å². The van der Waals surface area contributed by atoms with Crippen molar-refractivity contribution < 1.29 is 9.18 Å². The van der Waals surface area contributed by atoms with Crippen LogP contribution in [0.15, 0.2) is 60.9 Å². The maximum atomic E-state index is 12.9. The smallest absolute Gasteiger partial charge is 0.254 e. The van der Waals surface area contributed by atoms with Gasteiger partial charge in [-0.1, -0.05) is 37.3 Å². The second-order valence-electron chi connectivity index (χ2n) is 5.74. The van der Waals surface area contributed by atoms with E-state index in [4.69, 9.17) is 0 Å². The van der Waals surface area contributed by atoms with Gasteiger partial charge in [-0.2, -0.15) is 0 Å². The Morgan fingerprint density at radius 2 is 1.73 bits per heavy atom. The Morgan fingerprint density at radius 1 is 1.04 bits per heavy atom. The van der Waals surface area contributed by atoms with Crippen LogP contribution in [-0.4, -0.2) is 15.9 Å². The number of benzene rings is 2. The number of aromatic nitrogens is 2. The van der Waals surface area contributed by atoms with Crippen LogP contribution in [0.5, 0.6) is 0 Å². The first-order valence-corrected chi connectivity index (χ1v) is 8.35. The summed E-state index contributed by atoms with van der Waals surface area (Å²) in [6.07, 6.45) is 3.85. The third kappa shape index (κ3) is 4.42. The van der Waals surface area contributed by atoms with Crippen molar-refractivity contribution in [3.63, 3.8) is 0 Å². The van der Waals surface area contributed by atoms with E-state index in [1.807, 2.05) is 24.3 Å². The number of hydrogen-bond acceptors (Lipinski definition) is 4. The summed E-state index contributed by atoms with van der Waals surface area (Å²) in [5, 5.41) is 5.92. The van der Waals surface area contributed by atoms with Gasteiger partial charge in [-0.05, 0) is 35.7 Å². The van der Waals surface area contributed by atoms with Gasteiger partial charge in [0.15, 0.2) is 0 Å². The van der Waals surface area contributed by atoms with Crippen LogP contribution in [0.4, 0.5) is 16.0 Å². The summed E-state index contributed by atoms with van der Waals surface area (Å²) in [5.74, 6) is -0.156. The molecule has 0 bridgehead atoms. The average Bonchev–Trinajstić information content (AvgIpc) is 2.68. The maximum Gasteiger partial charge on any atom is 0.254 e. The van der Waals surface area contributed by atoms with Gasteiger partial charge in [0, 0.05) is 24.6 Å². The van der Waals surface area contributed by atoms with Gasteiger partial charge >= 0.3 is 0 Å². The number of rotatable bonds is 6. The molecule has 6 heteroatoms. The topological polar surface area (TPSA) is 66.9 Å². The predicted molar refractivity (Wildman–Crippen MR) is 98.7 cm³/mol. The Labute approximate surface area is 151 Å². The summed E-state index contributed by atoms with van der Waals surface area (Å²) in [7, 11) is 0. The number of hydrogen-bond donors (Lipinski definition) is 2. The highest BCUT2D eigenvalue weighted by Gasteiger charge is 2.08. The molecular weight excluding hydrogens is 331 g/mol. The molecule has 0 atom stereocenters. The van der Waals surface area contributed by atoms with E-state index in [0.29, 0.717) is 18.1 Å². The SMILES string of the molecule is CCc1ccccc1Nc1ncc(C(=O)NCc2ccc(F)cc2)cn1. The van der Waals surface area contributed by atoms with Crippen LogP contribution in [0.25, 0.3) is 0 Å². The Kier molecular flexibility index (Phi) is 5.53. The number of amides is 1. The van der Waals surface area contributed by atoms with Crippen LogP contribution in [0.1, 0.15) is 28.4 Å². The minimum atomic E-state index is -0.304. The molecule has 0 saturated carbocycles. The Balaban J connectivity index is 1.61. The summed E-state index contributed by atoms with van der Waals surface area (Å²) >= 11 is 0. The van der Waals surface area contributed by atoms with E-state index in [1.54, 1.807) is 12.1 Å². The predicted octanol–water partition coefficient (Wildman–Crippen LogP) is 3.85. The molecule has 2 aromatic carbocycles. The van der Waals surface area contributed by atoms with Crippen LogP contribution in [-0.2, 0) is 13.0 Å². The molecule has 0 unspecified atom stereocenters. The standard InChI is InChI=1S/C20H19FN4O/c1-2-15-5-3-4-6-18(15)25-20-23-12-16(13-24-20)19(26)22-11-14-7-9-17(21)10-8-14/h3-10,12-13H,2,11H2,1H3,(H,22,26)(H,23,24,25). The van der Waals surface area contributed by atoms with E-state index in [1.165, 1.54) is 24.5 Å². The number of halogens is 1. The largest absolute Gasteiger partial charge is 0.348 e. The summed E-state index contributed by atoms with van der Waals surface area (Å²) in [4.78, 5) is 20.6. The van der Waals surface area contributed by atoms with Crippen molar-refractivity contribution in [2.45, 2.75) is 19.9 Å². The Bertz CT molecular complexity index is 879. The zero-order valence-electron chi connectivity index (χ0n) is 14.4. The van der Waals surface area contributed by atoms with Crippen molar-refractivity contribution in [3.8, 4) is 0 Å². The van der Waals surface area contributed by atoms with E-state index in [9.17, 15) is 9.18 Å². The van der Waals surface area contributed by atoms with E-state index in [-0.39, 0.29) is 11.7 Å². The zero-order valence-corrected chi connectivity index (χ0v) is 14.4. The molecule has 1 amide bonds. The van der Waals surface area contributed by atoms with Gasteiger partial charge in [0.05, 0.1) is 5.56 Å². The molecule has 3 aromatic rings. The van der Waals surface area contributed by atoms with Crippen LogP contribution in [0.2, 0.25) is 0 Å². The summed E-state index contributed by atoms with van der Waals surface area (Å²) in [6.45, 7) is 2.39. The van der Waals surface area contributed by atoms with E-state index >= 15 is 0 Å². The van der Waals surface area contributed by atoms with Gasteiger partial charge < -0.3 is 10.6 Å². The lowest BCUT2D eigenvalue weighted by atomic mass is 10.1. The third-order valence-electron chi connectivity index (χ3n) is 3.93. The minimum absolute atomic E-state index is 0.283. The molecule has 5 nitrogen and oxygen atoms in total. The molecule has 0 saturated heterocycles. The molecule has 1 aromatic heterocycles. The van der Waals surface area contributed by atoms with Crippen LogP contribution in [0, 0.1) is 5.82 Å². The fourth-order valence-corrected chi connectivity index (χ4v) is 2.47. The number of para-hydroxylation sites is 1. The number of carbonyl (C=O) groups excluding carboxylic acids is 1. The van der Waals surface area contributed by atoms with Gasteiger partial charge in [-0.15, -0.1) is 0 Å². The quantitative estimate of drug-likeness (QED) is 0.709. The van der Waals surface area contributed by atoms with Crippen molar-refractivity contribution in [1.29, 1.82) is 0 Å². The number of nitrogens with one attached hydrogen (secondary N) is 2. The van der Waals surface area contributed by atoms with Crippen LogP contribution >= 0.6 is 0 Å². The first-order chi connectivity index (χ1) is 12.7. The van der Waals surface area contributed by atoms with Gasteiger partial charge in [0.1, 0.15) is 5.82 Å². The molecule has 0 aliphatic rings. The number of anilines is 2. The minimum Gasteiger partial charge on any atom is -0.348 e. The second-order valence-corrected chi connectivity index (χ2v) is 5.74. The highest BCUT2D eigenvalue weighted by Crippen LogP contribution is 2.18. The Hall–Kier alpha value is -3.28. The number of carbonyl (C=O) groups is 1. The highest BCUT2D eigenvalue weighted by molar-refractivity contribution is 5.93. The molecule has 0 radical (unpaired) electrons.